The Morgan fingerprint density at radius 3 is 2.33 bits per heavy atom. The van der Waals surface area contributed by atoms with Gasteiger partial charge in [-0.1, -0.05) is 12.1 Å². The molecule has 0 fully saturated rings. The highest BCUT2D eigenvalue weighted by molar-refractivity contribution is 5.71. The lowest BCUT2D eigenvalue weighted by molar-refractivity contribution is -0.198. The Bertz CT molecular complexity index is 417. The zero-order valence-corrected chi connectivity index (χ0v) is 9.40. The Kier molecular flexibility index (Phi) is 4.41. The number of ether oxygens (including phenoxy) is 2. The number of halogens is 3. The van der Waals surface area contributed by atoms with Crippen LogP contribution in [-0.4, -0.2) is 31.0 Å². The Labute approximate surface area is 101 Å². The second kappa shape index (κ2) is 5.61. The first-order valence-corrected chi connectivity index (χ1v) is 4.91. The minimum Gasteiger partial charge on any atom is -0.493 e. The molecule has 0 aliphatic rings. The molecule has 0 aliphatic heterocycles. The van der Waals surface area contributed by atoms with Crippen molar-refractivity contribution in [3.8, 4) is 11.5 Å². The molecule has 1 N–H and O–H groups in total. The van der Waals surface area contributed by atoms with Crippen LogP contribution in [-0.2, 0) is 4.79 Å². The van der Waals surface area contributed by atoms with E-state index in [9.17, 15) is 18.0 Å². The van der Waals surface area contributed by atoms with Crippen molar-refractivity contribution >= 4 is 5.97 Å². The van der Waals surface area contributed by atoms with Gasteiger partial charge in [0.25, 0.3) is 0 Å². The number of benzene rings is 1. The van der Waals surface area contributed by atoms with E-state index < -0.39 is 24.7 Å². The minimum atomic E-state index is -4.85. The van der Waals surface area contributed by atoms with Gasteiger partial charge in [0, 0.05) is 0 Å². The summed E-state index contributed by atoms with van der Waals surface area (Å²) in [7, 11) is 1.33. The first-order chi connectivity index (χ1) is 8.36. The molecule has 1 atom stereocenters. The van der Waals surface area contributed by atoms with Crippen LogP contribution in [0.15, 0.2) is 24.3 Å². The Hall–Kier alpha value is -1.92. The Morgan fingerprint density at radius 2 is 1.89 bits per heavy atom. The quantitative estimate of drug-likeness (QED) is 0.886. The molecule has 1 aromatic carbocycles. The number of hydrogen-bond acceptors (Lipinski definition) is 3. The maximum Gasteiger partial charge on any atom is 0.405 e. The first kappa shape index (κ1) is 14.1. The number of rotatable bonds is 5. The van der Waals surface area contributed by atoms with Crippen molar-refractivity contribution < 1.29 is 32.5 Å². The molecule has 0 amide bonds. The highest BCUT2D eigenvalue weighted by atomic mass is 19.4. The van der Waals surface area contributed by atoms with Crippen molar-refractivity contribution in [2.45, 2.75) is 6.18 Å². The van der Waals surface area contributed by atoms with Crippen molar-refractivity contribution in [2.75, 3.05) is 13.7 Å². The lowest BCUT2D eigenvalue weighted by Crippen LogP contribution is -2.35. The van der Waals surface area contributed by atoms with E-state index in [0.717, 1.165) is 0 Å². The predicted octanol–water partition coefficient (Wildman–Crippen LogP) is 2.34. The number of methoxy groups -OCH3 is 1. The Morgan fingerprint density at radius 1 is 1.33 bits per heavy atom. The highest BCUT2D eigenvalue weighted by Gasteiger charge is 2.45. The van der Waals surface area contributed by atoms with Gasteiger partial charge in [-0.15, -0.1) is 0 Å². The summed E-state index contributed by atoms with van der Waals surface area (Å²) in [6.07, 6.45) is -4.85. The third-order valence-electron chi connectivity index (χ3n) is 2.17. The van der Waals surface area contributed by atoms with E-state index in [2.05, 4.69) is 0 Å². The molecule has 0 bridgehead atoms. The van der Waals surface area contributed by atoms with Crippen molar-refractivity contribution in [1.29, 1.82) is 0 Å². The van der Waals surface area contributed by atoms with E-state index >= 15 is 0 Å². The molecule has 1 rings (SSSR count). The van der Waals surface area contributed by atoms with Gasteiger partial charge in [-0.05, 0) is 12.1 Å². The van der Waals surface area contributed by atoms with Gasteiger partial charge >= 0.3 is 12.1 Å². The van der Waals surface area contributed by atoms with E-state index in [1.165, 1.54) is 19.2 Å². The lowest BCUT2D eigenvalue weighted by Gasteiger charge is -2.17. The second-order valence-electron chi connectivity index (χ2n) is 3.39. The summed E-state index contributed by atoms with van der Waals surface area (Å²) in [6, 6.07) is 6.05. The summed E-state index contributed by atoms with van der Waals surface area (Å²) >= 11 is 0. The zero-order valence-electron chi connectivity index (χ0n) is 9.40. The number of carbonyl (C=O) groups is 1. The van der Waals surface area contributed by atoms with E-state index in [1.54, 1.807) is 12.1 Å². The molecule has 1 aromatic rings. The molecule has 1 unspecified atom stereocenters. The van der Waals surface area contributed by atoms with Crippen LogP contribution in [0.2, 0.25) is 0 Å². The van der Waals surface area contributed by atoms with Crippen LogP contribution < -0.4 is 9.47 Å². The molecule has 0 saturated heterocycles. The maximum atomic E-state index is 12.4. The van der Waals surface area contributed by atoms with Gasteiger partial charge in [-0.25, -0.2) is 0 Å². The second-order valence-corrected chi connectivity index (χ2v) is 3.39. The average Bonchev–Trinajstić information content (AvgIpc) is 2.27. The first-order valence-electron chi connectivity index (χ1n) is 4.91. The third-order valence-corrected chi connectivity index (χ3v) is 2.17. The molecule has 18 heavy (non-hydrogen) atoms. The molecule has 0 aliphatic carbocycles. The summed E-state index contributed by atoms with van der Waals surface area (Å²) in [4.78, 5) is 10.5. The summed E-state index contributed by atoms with van der Waals surface area (Å²) in [5.41, 5.74) is 0. The molecule has 0 heterocycles. The SMILES string of the molecule is COc1ccccc1OCC(C(=O)O)C(F)(F)F. The van der Waals surface area contributed by atoms with Crippen molar-refractivity contribution in [2.24, 2.45) is 5.92 Å². The van der Waals surface area contributed by atoms with Gasteiger partial charge in [0.15, 0.2) is 17.4 Å². The molecule has 0 spiro atoms. The van der Waals surface area contributed by atoms with Crippen LogP contribution in [0.3, 0.4) is 0 Å². The van der Waals surface area contributed by atoms with Crippen LogP contribution in [0.1, 0.15) is 0 Å². The van der Waals surface area contributed by atoms with Crippen molar-refractivity contribution in [3.05, 3.63) is 24.3 Å². The van der Waals surface area contributed by atoms with Gasteiger partial charge in [-0.2, -0.15) is 13.2 Å². The standard InChI is InChI=1S/C11H11F3O4/c1-17-8-4-2-3-5-9(8)18-6-7(10(15)16)11(12,13)14/h2-5,7H,6H2,1H3,(H,15,16). The maximum absolute atomic E-state index is 12.4. The number of para-hydroxylation sites is 2. The van der Waals surface area contributed by atoms with Gasteiger partial charge in [0.2, 0.25) is 0 Å². The minimum absolute atomic E-state index is 0.0653. The van der Waals surface area contributed by atoms with Crippen LogP contribution in [0.4, 0.5) is 13.2 Å². The summed E-state index contributed by atoms with van der Waals surface area (Å²) in [5.74, 6) is -4.24. The van der Waals surface area contributed by atoms with Crippen LogP contribution in [0.25, 0.3) is 0 Å². The van der Waals surface area contributed by atoms with E-state index in [-0.39, 0.29) is 11.5 Å². The van der Waals surface area contributed by atoms with E-state index in [4.69, 9.17) is 14.6 Å². The lowest BCUT2D eigenvalue weighted by atomic mass is 10.1. The summed E-state index contributed by atoms with van der Waals surface area (Å²) < 4.78 is 46.8. The Balaban J connectivity index is 2.77. The monoisotopic (exact) mass is 264 g/mol. The summed E-state index contributed by atoms with van der Waals surface area (Å²) in [6.45, 7) is -1.00. The predicted molar refractivity (Wildman–Crippen MR) is 55.7 cm³/mol. The topological polar surface area (TPSA) is 55.8 Å². The van der Waals surface area contributed by atoms with Gasteiger partial charge in [0.05, 0.1) is 7.11 Å². The molecule has 0 aromatic heterocycles. The van der Waals surface area contributed by atoms with Gasteiger partial charge in [0.1, 0.15) is 6.61 Å². The molecule has 7 heteroatoms. The van der Waals surface area contributed by atoms with E-state index in [1.807, 2.05) is 0 Å². The van der Waals surface area contributed by atoms with Crippen LogP contribution in [0, 0.1) is 5.92 Å². The van der Waals surface area contributed by atoms with Crippen LogP contribution in [0.5, 0.6) is 11.5 Å². The van der Waals surface area contributed by atoms with Gasteiger partial charge in [-0.3, -0.25) is 4.79 Å². The normalized spacial score (nSPS) is 12.9. The zero-order chi connectivity index (χ0) is 13.8. The molecule has 4 nitrogen and oxygen atoms in total. The molecular weight excluding hydrogens is 253 g/mol. The molecule has 100 valence electrons. The van der Waals surface area contributed by atoms with Crippen LogP contribution >= 0.6 is 0 Å². The fraction of sp³-hybridized carbons (Fsp3) is 0.364. The number of alkyl halides is 3. The number of hydrogen-bond donors (Lipinski definition) is 1. The number of aliphatic carboxylic acids is 1. The largest absolute Gasteiger partial charge is 0.493 e. The number of carboxylic acid groups (broad SMARTS) is 1. The molecule has 0 radical (unpaired) electrons. The smallest absolute Gasteiger partial charge is 0.405 e. The highest BCUT2D eigenvalue weighted by Crippen LogP contribution is 2.30. The fourth-order valence-corrected chi connectivity index (χ4v) is 1.22. The van der Waals surface area contributed by atoms with Crippen molar-refractivity contribution in [1.82, 2.24) is 0 Å². The third kappa shape index (κ3) is 3.54. The van der Waals surface area contributed by atoms with E-state index in [0.29, 0.717) is 0 Å². The number of carboxylic acids is 1. The van der Waals surface area contributed by atoms with Crippen molar-refractivity contribution in [3.63, 3.8) is 0 Å². The fourth-order valence-electron chi connectivity index (χ4n) is 1.22. The molecule has 0 saturated carbocycles. The summed E-state index contributed by atoms with van der Waals surface area (Å²) in [5, 5.41) is 8.48. The van der Waals surface area contributed by atoms with Gasteiger partial charge < -0.3 is 14.6 Å². The molecular formula is C11H11F3O4. The average molecular weight is 264 g/mol.